The maximum Gasteiger partial charge on any atom is 0.313 e. The lowest BCUT2D eigenvalue weighted by Gasteiger charge is -2.39. The molecule has 0 unspecified atom stereocenters. The van der Waals surface area contributed by atoms with Crippen LogP contribution in [0.3, 0.4) is 0 Å². The molecule has 0 aromatic carbocycles. The Morgan fingerprint density at radius 3 is 2.18 bits per heavy atom. The van der Waals surface area contributed by atoms with Crippen LogP contribution in [-0.2, 0) is 0 Å². The van der Waals surface area contributed by atoms with E-state index < -0.39 is 0 Å². The van der Waals surface area contributed by atoms with Gasteiger partial charge in [-0.05, 0) is 43.4 Å². The van der Waals surface area contributed by atoms with E-state index in [2.05, 4.69) is 21.8 Å². The van der Waals surface area contributed by atoms with E-state index in [0.717, 1.165) is 36.5 Å². The third kappa shape index (κ3) is 3.71. The van der Waals surface area contributed by atoms with E-state index in [1.165, 1.54) is 51.4 Å². The second-order valence-electron chi connectivity index (χ2n) is 7.14. The molecule has 22 heavy (non-hydrogen) atoms. The molecule has 1 N–H and O–H groups in total. The van der Waals surface area contributed by atoms with Crippen molar-refractivity contribution >= 4 is 5.69 Å². The Morgan fingerprint density at radius 2 is 1.59 bits per heavy atom. The molecule has 4 nitrogen and oxygen atoms in total. The summed E-state index contributed by atoms with van der Waals surface area (Å²) in [6.07, 6.45) is 14.7. The van der Waals surface area contributed by atoms with Crippen molar-refractivity contribution in [3.05, 3.63) is 12.4 Å². The van der Waals surface area contributed by atoms with E-state index in [1.54, 1.807) is 12.4 Å². The molecule has 3 rings (SSSR count). The SMILES string of the molecule is CCC[C@H]1CC[C@H](C2CCN(c3cnc(O)nc3)CC2)CC1. The fraction of sp³-hybridized carbons (Fsp3) is 0.778. The highest BCUT2D eigenvalue weighted by molar-refractivity contribution is 5.42. The van der Waals surface area contributed by atoms with Gasteiger partial charge in [0.05, 0.1) is 18.1 Å². The van der Waals surface area contributed by atoms with Crippen LogP contribution in [0.1, 0.15) is 58.3 Å². The number of nitrogens with zero attached hydrogens (tertiary/aromatic N) is 3. The fourth-order valence-electron chi connectivity index (χ4n) is 4.46. The monoisotopic (exact) mass is 303 g/mol. The lowest BCUT2D eigenvalue weighted by molar-refractivity contribution is 0.175. The molecule has 0 atom stereocenters. The van der Waals surface area contributed by atoms with Crippen LogP contribution in [0.5, 0.6) is 6.01 Å². The van der Waals surface area contributed by atoms with Crippen molar-refractivity contribution in [3.63, 3.8) is 0 Å². The second kappa shape index (κ2) is 7.30. The van der Waals surface area contributed by atoms with E-state index in [-0.39, 0.29) is 6.01 Å². The van der Waals surface area contributed by atoms with Crippen molar-refractivity contribution in [1.29, 1.82) is 0 Å². The topological polar surface area (TPSA) is 49.2 Å². The first-order chi connectivity index (χ1) is 10.8. The molecule has 0 spiro atoms. The number of piperidine rings is 1. The zero-order valence-corrected chi connectivity index (χ0v) is 13.7. The summed E-state index contributed by atoms with van der Waals surface area (Å²) in [6.45, 7) is 4.52. The van der Waals surface area contributed by atoms with Gasteiger partial charge in [0.25, 0.3) is 0 Å². The van der Waals surface area contributed by atoms with Gasteiger partial charge < -0.3 is 10.0 Å². The minimum absolute atomic E-state index is 0.137. The molecule has 0 radical (unpaired) electrons. The Balaban J connectivity index is 1.47. The smallest absolute Gasteiger partial charge is 0.313 e. The molecule has 122 valence electrons. The average Bonchev–Trinajstić information content (AvgIpc) is 2.57. The van der Waals surface area contributed by atoms with Crippen molar-refractivity contribution in [2.24, 2.45) is 17.8 Å². The maximum absolute atomic E-state index is 9.19. The highest BCUT2D eigenvalue weighted by Gasteiger charge is 2.30. The summed E-state index contributed by atoms with van der Waals surface area (Å²) in [5, 5.41) is 9.19. The molecule has 0 bridgehead atoms. The van der Waals surface area contributed by atoms with Gasteiger partial charge >= 0.3 is 6.01 Å². The first-order valence-electron chi connectivity index (χ1n) is 9.02. The van der Waals surface area contributed by atoms with Crippen LogP contribution in [0.2, 0.25) is 0 Å². The van der Waals surface area contributed by atoms with Crippen molar-refractivity contribution in [3.8, 4) is 6.01 Å². The summed E-state index contributed by atoms with van der Waals surface area (Å²) in [7, 11) is 0. The maximum atomic E-state index is 9.19. The van der Waals surface area contributed by atoms with Crippen LogP contribution in [0.4, 0.5) is 5.69 Å². The van der Waals surface area contributed by atoms with E-state index in [0.29, 0.717) is 0 Å². The van der Waals surface area contributed by atoms with Crippen LogP contribution in [0.25, 0.3) is 0 Å². The van der Waals surface area contributed by atoms with Crippen molar-refractivity contribution < 1.29 is 5.11 Å². The highest BCUT2D eigenvalue weighted by atomic mass is 16.3. The molecule has 1 aromatic rings. The predicted octanol–water partition coefficient (Wildman–Crippen LogP) is 4.01. The molecule has 2 aliphatic rings. The van der Waals surface area contributed by atoms with Crippen molar-refractivity contribution in [2.75, 3.05) is 18.0 Å². The molecule has 1 saturated heterocycles. The lowest BCUT2D eigenvalue weighted by atomic mass is 9.72. The number of aromatic hydroxyl groups is 1. The second-order valence-corrected chi connectivity index (χ2v) is 7.14. The largest absolute Gasteiger partial charge is 0.479 e. The van der Waals surface area contributed by atoms with E-state index in [4.69, 9.17) is 0 Å². The van der Waals surface area contributed by atoms with Crippen LogP contribution in [0, 0.1) is 17.8 Å². The summed E-state index contributed by atoms with van der Waals surface area (Å²) in [4.78, 5) is 10.1. The summed E-state index contributed by atoms with van der Waals surface area (Å²) in [5.41, 5.74) is 1.04. The molecule has 2 fully saturated rings. The number of anilines is 1. The molecule has 2 heterocycles. The Labute approximate surface area is 134 Å². The molecule has 4 heteroatoms. The summed E-state index contributed by atoms with van der Waals surface area (Å²) < 4.78 is 0. The van der Waals surface area contributed by atoms with Crippen LogP contribution < -0.4 is 4.90 Å². The third-order valence-electron chi connectivity index (χ3n) is 5.78. The quantitative estimate of drug-likeness (QED) is 0.913. The van der Waals surface area contributed by atoms with Crippen molar-refractivity contribution in [1.82, 2.24) is 9.97 Å². The zero-order chi connectivity index (χ0) is 15.4. The van der Waals surface area contributed by atoms with Gasteiger partial charge in [0.15, 0.2) is 0 Å². The van der Waals surface area contributed by atoms with Crippen LogP contribution >= 0.6 is 0 Å². The molecule has 1 saturated carbocycles. The van der Waals surface area contributed by atoms with Gasteiger partial charge in [0.2, 0.25) is 0 Å². The highest BCUT2D eigenvalue weighted by Crippen LogP contribution is 2.39. The van der Waals surface area contributed by atoms with E-state index in [1.807, 2.05) is 0 Å². The number of aromatic nitrogens is 2. The zero-order valence-electron chi connectivity index (χ0n) is 13.7. The Kier molecular flexibility index (Phi) is 5.16. The number of hydrogen-bond acceptors (Lipinski definition) is 4. The summed E-state index contributed by atoms with van der Waals surface area (Å²) in [6, 6.07) is -0.137. The van der Waals surface area contributed by atoms with Gasteiger partial charge in [-0.3, -0.25) is 0 Å². The third-order valence-corrected chi connectivity index (χ3v) is 5.78. The number of hydrogen-bond donors (Lipinski definition) is 1. The first-order valence-corrected chi connectivity index (χ1v) is 9.02. The van der Waals surface area contributed by atoms with E-state index >= 15 is 0 Å². The Morgan fingerprint density at radius 1 is 1.00 bits per heavy atom. The van der Waals surface area contributed by atoms with Gasteiger partial charge in [-0.2, -0.15) is 0 Å². The summed E-state index contributed by atoms with van der Waals surface area (Å²) in [5.74, 6) is 2.89. The minimum atomic E-state index is -0.137. The van der Waals surface area contributed by atoms with Gasteiger partial charge in [0.1, 0.15) is 0 Å². The number of rotatable bonds is 4. The van der Waals surface area contributed by atoms with Gasteiger partial charge in [-0.15, -0.1) is 0 Å². The van der Waals surface area contributed by atoms with Crippen LogP contribution in [-0.4, -0.2) is 28.2 Å². The normalized spacial score (nSPS) is 27.0. The molecule has 1 aliphatic carbocycles. The van der Waals surface area contributed by atoms with Crippen LogP contribution in [0.15, 0.2) is 12.4 Å². The van der Waals surface area contributed by atoms with E-state index in [9.17, 15) is 5.11 Å². The molecule has 1 aromatic heterocycles. The standard InChI is InChI=1S/C18H29N3O/c1-2-3-14-4-6-15(7-5-14)16-8-10-21(11-9-16)17-12-19-18(22)20-13-17/h12-16H,2-11H2,1H3,(H,19,20,22)/t14-,15-. The average molecular weight is 303 g/mol. The summed E-state index contributed by atoms with van der Waals surface area (Å²) >= 11 is 0. The van der Waals surface area contributed by atoms with Gasteiger partial charge in [-0.25, -0.2) is 9.97 Å². The molecular formula is C18H29N3O. The molecule has 1 aliphatic heterocycles. The van der Waals surface area contributed by atoms with Gasteiger partial charge in [-0.1, -0.05) is 32.6 Å². The van der Waals surface area contributed by atoms with Gasteiger partial charge in [0, 0.05) is 13.1 Å². The first kappa shape index (κ1) is 15.6. The van der Waals surface area contributed by atoms with Crippen molar-refractivity contribution in [2.45, 2.75) is 58.3 Å². The molecular weight excluding hydrogens is 274 g/mol. The predicted molar refractivity (Wildman–Crippen MR) is 89.0 cm³/mol. The Bertz CT molecular complexity index is 446. The molecule has 0 amide bonds. The lowest BCUT2D eigenvalue weighted by Crippen LogP contribution is -2.37. The fourth-order valence-corrected chi connectivity index (χ4v) is 4.46. The minimum Gasteiger partial charge on any atom is -0.479 e. The Hall–Kier alpha value is -1.32.